The lowest BCUT2D eigenvalue weighted by Gasteiger charge is -2.14. The third-order valence-corrected chi connectivity index (χ3v) is 6.21. The maximum absolute atomic E-state index is 12.0. The van der Waals surface area contributed by atoms with E-state index in [0.29, 0.717) is 10.1 Å². The number of benzene rings is 1. The number of hydrogen-bond acceptors (Lipinski definition) is 4. The quantitative estimate of drug-likeness (QED) is 0.901. The van der Waals surface area contributed by atoms with E-state index in [9.17, 15) is 8.42 Å². The number of fused-ring (bicyclic) bond motifs is 1. The van der Waals surface area contributed by atoms with Crippen LogP contribution in [0.15, 0.2) is 29.2 Å². The fraction of sp³-hybridized carbons (Fsp3) is 0.538. The monoisotopic (exact) mass is 285 g/mol. The predicted octanol–water partition coefficient (Wildman–Crippen LogP) is 2.25. The average molecular weight is 285 g/mol. The second-order valence-electron chi connectivity index (χ2n) is 4.66. The maximum atomic E-state index is 12.0. The summed E-state index contributed by atoms with van der Waals surface area (Å²) in [6.07, 6.45) is 3.15. The molecular weight excluding hydrogens is 266 g/mol. The SMILES string of the molecule is CSC(C)CCNC1CS(=O)(=O)c2ccccc21. The van der Waals surface area contributed by atoms with Crippen LogP contribution in [0, 0.1) is 0 Å². The van der Waals surface area contributed by atoms with Crippen molar-refractivity contribution >= 4 is 21.6 Å². The normalized spacial score (nSPS) is 22.7. The molecule has 1 aromatic rings. The topological polar surface area (TPSA) is 46.2 Å². The maximum Gasteiger partial charge on any atom is 0.180 e. The van der Waals surface area contributed by atoms with E-state index in [1.165, 1.54) is 0 Å². The van der Waals surface area contributed by atoms with Crippen molar-refractivity contribution in [3.63, 3.8) is 0 Å². The molecule has 1 aliphatic heterocycles. The number of nitrogens with one attached hydrogen (secondary N) is 1. The van der Waals surface area contributed by atoms with E-state index in [-0.39, 0.29) is 11.8 Å². The van der Waals surface area contributed by atoms with E-state index >= 15 is 0 Å². The molecule has 2 atom stereocenters. The van der Waals surface area contributed by atoms with Crippen molar-refractivity contribution in [1.82, 2.24) is 5.32 Å². The van der Waals surface area contributed by atoms with Crippen LogP contribution in [0.25, 0.3) is 0 Å². The van der Waals surface area contributed by atoms with Crippen LogP contribution < -0.4 is 5.32 Å². The summed E-state index contributed by atoms with van der Waals surface area (Å²) < 4.78 is 23.9. The van der Waals surface area contributed by atoms with Crippen LogP contribution in [0.2, 0.25) is 0 Å². The highest BCUT2D eigenvalue weighted by atomic mass is 32.2. The third-order valence-electron chi connectivity index (χ3n) is 3.36. The smallest absolute Gasteiger partial charge is 0.180 e. The Balaban J connectivity index is 2.05. The molecule has 1 heterocycles. The lowest BCUT2D eigenvalue weighted by molar-refractivity contribution is 0.555. The van der Waals surface area contributed by atoms with Crippen LogP contribution in [0.3, 0.4) is 0 Å². The van der Waals surface area contributed by atoms with Crippen LogP contribution in [-0.4, -0.2) is 32.2 Å². The number of hydrogen-bond donors (Lipinski definition) is 1. The van der Waals surface area contributed by atoms with Gasteiger partial charge in [-0.3, -0.25) is 0 Å². The highest BCUT2D eigenvalue weighted by Crippen LogP contribution is 2.32. The minimum Gasteiger partial charge on any atom is -0.309 e. The molecule has 0 amide bonds. The van der Waals surface area contributed by atoms with Gasteiger partial charge in [0.2, 0.25) is 0 Å². The van der Waals surface area contributed by atoms with Crippen molar-refractivity contribution in [2.75, 3.05) is 18.6 Å². The predicted molar refractivity (Wildman–Crippen MR) is 76.8 cm³/mol. The van der Waals surface area contributed by atoms with Gasteiger partial charge >= 0.3 is 0 Å². The summed E-state index contributed by atoms with van der Waals surface area (Å²) in [6, 6.07) is 7.26. The van der Waals surface area contributed by atoms with E-state index in [0.717, 1.165) is 18.5 Å². The summed E-state index contributed by atoms with van der Waals surface area (Å²) in [5.41, 5.74) is 0.925. The first-order valence-corrected chi connectivity index (χ1v) is 9.06. The van der Waals surface area contributed by atoms with Crippen LogP contribution >= 0.6 is 11.8 Å². The van der Waals surface area contributed by atoms with Gasteiger partial charge in [-0.15, -0.1) is 0 Å². The molecule has 0 aromatic heterocycles. The zero-order valence-electron chi connectivity index (χ0n) is 10.7. The van der Waals surface area contributed by atoms with Crippen LogP contribution in [0.5, 0.6) is 0 Å². The van der Waals surface area contributed by atoms with E-state index in [2.05, 4.69) is 18.5 Å². The Morgan fingerprint density at radius 2 is 2.17 bits per heavy atom. The molecule has 0 fully saturated rings. The van der Waals surface area contributed by atoms with Gasteiger partial charge in [-0.05, 0) is 30.9 Å². The van der Waals surface area contributed by atoms with Crippen molar-refractivity contribution in [2.45, 2.75) is 29.5 Å². The first kappa shape index (κ1) is 13.9. The van der Waals surface area contributed by atoms with Crippen molar-refractivity contribution in [2.24, 2.45) is 0 Å². The van der Waals surface area contributed by atoms with Crippen molar-refractivity contribution in [3.05, 3.63) is 29.8 Å². The fourth-order valence-corrected chi connectivity index (χ4v) is 4.32. The van der Waals surface area contributed by atoms with Gasteiger partial charge in [0.15, 0.2) is 9.84 Å². The highest BCUT2D eigenvalue weighted by Gasteiger charge is 2.33. The number of thioether (sulfide) groups is 1. The van der Waals surface area contributed by atoms with Gasteiger partial charge in [0, 0.05) is 11.3 Å². The van der Waals surface area contributed by atoms with Gasteiger partial charge < -0.3 is 5.32 Å². The number of sulfone groups is 1. The molecule has 0 saturated heterocycles. The Bertz CT molecular complexity index is 513. The van der Waals surface area contributed by atoms with Crippen LogP contribution in [-0.2, 0) is 9.84 Å². The summed E-state index contributed by atoms with van der Waals surface area (Å²) in [5, 5.41) is 3.97. The summed E-state index contributed by atoms with van der Waals surface area (Å²) in [5.74, 6) is 0.194. The molecule has 1 aromatic carbocycles. The molecule has 0 radical (unpaired) electrons. The fourth-order valence-electron chi connectivity index (χ4n) is 2.20. The first-order chi connectivity index (χ1) is 8.54. The molecule has 5 heteroatoms. The van der Waals surface area contributed by atoms with E-state index in [4.69, 9.17) is 0 Å². The zero-order chi connectivity index (χ0) is 13.2. The molecule has 0 aliphatic carbocycles. The van der Waals surface area contributed by atoms with E-state index < -0.39 is 9.84 Å². The summed E-state index contributed by atoms with van der Waals surface area (Å²) in [7, 11) is -3.08. The van der Waals surface area contributed by atoms with Crippen molar-refractivity contribution in [1.29, 1.82) is 0 Å². The zero-order valence-corrected chi connectivity index (χ0v) is 12.4. The summed E-state index contributed by atoms with van der Waals surface area (Å²) in [4.78, 5) is 0.500. The largest absolute Gasteiger partial charge is 0.309 e. The molecule has 2 unspecified atom stereocenters. The minimum atomic E-state index is -3.08. The van der Waals surface area contributed by atoms with E-state index in [1.54, 1.807) is 12.1 Å². The Morgan fingerprint density at radius 3 is 2.89 bits per heavy atom. The van der Waals surface area contributed by atoms with Gasteiger partial charge in [-0.2, -0.15) is 11.8 Å². The molecule has 18 heavy (non-hydrogen) atoms. The van der Waals surface area contributed by atoms with Gasteiger partial charge in [0.05, 0.1) is 10.6 Å². The molecule has 0 spiro atoms. The second-order valence-corrected chi connectivity index (χ2v) is 7.94. The molecular formula is C13H19NO2S2. The highest BCUT2D eigenvalue weighted by molar-refractivity contribution is 7.99. The van der Waals surface area contributed by atoms with E-state index in [1.807, 2.05) is 23.9 Å². The first-order valence-electron chi connectivity index (χ1n) is 6.12. The second kappa shape index (κ2) is 5.63. The van der Waals surface area contributed by atoms with Crippen LogP contribution in [0.1, 0.15) is 24.9 Å². The average Bonchev–Trinajstić information content (AvgIpc) is 2.62. The molecule has 0 bridgehead atoms. The lowest BCUT2D eigenvalue weighted by Crippen LogP contribution is -2.25. The van der Waals surface area contributed by atoms with Gasteiger partial charge in [-0.25, -0.2) is 8.42 Å². The molecule has 0 saturated carbocycles. The Morgan fingerprint density at radius 1 is 1.44 bits per heavy atom. The third kappa shape index (κ3) is 2.90. The standard InChI is InChI=1S/C13H19NO2S2/c1-10(17-2)7-8-14-12-9-18(15,16)13-6-4-3-5-11(12)13/h3-6,10,12,14H,7-9H2,1-2H3. The Hall–Kier alpha value is -0.520. The molecule has 1 aliphatic rings. The lowest BCUT2D eigenvalue weighted by atomic mass is 10.1. The molecule has 100 valence electrons. The summed E-state index contributed by atoms with van der Waals surface area (Å²) in [6.45, 7) is 3.04. The molecule has 2 rings (SSSR count). The van der Waals surface area contributed by atoms with Gasteiger partial charge in [0.1, 0.15) is 0 Å². The Kier molecular flexibility index (Phi) is 4.35. The molecule has 1 N–H and O–H groups in total. The Labute approximate surface area is 113 Å². The minimum absolute atomic E-state index is 0.0414. The van der Waals surface area contributed by atoms with Crippen molar-refractivity contribution < 1.29 is 8.42 Å². The molecule has 3 nitrogen and oxygen atoms in total. The van der Waals surface area contributed by atoms with Crippen molar-refractivity contribution in [3.8, 4) is 0 Å². The number of rotatable bonds is 5. The summed E-state index contributed by atoms with van der Waals surface area (Å²) >= 11 is 1.83. The van der Waals surface area contributed by atoms with Gasteiger partial charge in [0.25, 0.3) is 0 Å². The van der Waals surface area contributed by atoms with Crippen LogP contribution in [0.4, 0.5) is 0 Å². The van der Waals surface area contributed by atoms with Gasteiger partial charge in [-0.1, -0.05) is 25.1 Å².